The summed E-state index contributed by atoms with van der Waals surface area (Å²) in [4.78, 5) is 10.8. The minimum Gasteiger partial charge on any atom is -0.479 e. The van der Waals surface area contributed by atoms with Gasteiger partial charge < -0.3 is 9.84 Å². The van der Waals surface area contributed by atoms with Gasteiger partial charge in [0.2, 0.25) is 0 Å². The lowest BCUT2D eigenvalue weighted by atomic mass is 10.0. The maximum absolute atomic E-state index is 10.8. The quantitative estimate of drug-likeness (QED) is 0.832. The molecule has 0 aromatic heterocycles. The van der Waals surface area contributed by atoms with Crippen molar-refractivity contribution in [3.05, 3.63) is 29.8 Å². The van der Waals surface area contributed by atoms with Gasteiger partial charge in [0.1, 0.15) is 5.75 Å². The highest BCUT2D eigenvalue weighted by atomic mass is 16.5. The number of ether oxygens (including phenoxy) is 1. The lowest BCUT2D eigenvalue weighted by Crippen LogP contribution is -2.25. The van der Waals surface area contributed by atoms with E-state index in [0.29, 0.717) is 18.1 Å². The summed E-state index contributed by atoms with van der Waals surface area (Å²) in [5.74, 6) is 0.157. The number of rotatable bonds is 5. The average Bonchev–Trinajstić information content (AvgIpc) is 2.26. The zero-order chi connectivity index (χ0) is 12.1. The molecule has 3 nitrogen and oxygen atoms in total. The molecule has 0 heterocycles. The van der Waals surface area contributed by atoms with Crippen molar-refractivity contribution in [2.24, 2.45) is 0 Å². The summed E-state index contributed by atoms with van der Waals surface area (Å²) in [7, 11) is 0. The Hall–Kier alpha value is -1.51. The van der Waals surface area contributed by atoms with E-state index in [0.717, 1.165) is 0 Å². The molecule has 0 aliphatic heterocycles. The van der Waals surface area contributed by atoms with Crippen LogP contribution in [0.15, 0.2) is 24.3 Å². The van der Waals surface area contributed by atoms with Gasteiger partial charge in [-0.05, 0) is 30.0 Å². The highest BCUT2D eigenvalue weighted by Gasteiger charge is 2.16. The Labute approximate surface area is 96.1 Å². The molecule has 1 rings (SSSR count). The van der Waals surface area contributed by atoms with E-state index in [1.165, 1.54) is 5.56 Å². The van der Waals surface area contributed by atoms with Gasteiger partial charge in [0, 0.05) is 0 Å². The smallest absolute Gasteiger partial charge is 0.344 e. The number of hydrogen-bond donors (Lipinski definition) is 1. The first-order valence-electron chi connectivity index (χ1n) is 5.54. The number of benzene rings is 1. The van der Waals surface area contributed by atoms with Crippen LogP contribution in [0.5, 0.6) is 5.75 Å². The van der Waals surface area contributed by atoms with Gasteiger partial charge in [-0.25, -0.2) is 4.79 Å². The van der Waals surface area contributed by atoms with Crippen molar-refractivity contribution in [3.63, 3.8) is 0 Å². The van der Waals surface area contributed by atoms with Crippen LogP contribution >= 0.6 is 0 Å². The van der Waals surface area contributed by atoms with Crippen molar-refractivity contribution in [2.75, 3.05) is 0 Å². The predicted octanol–water partition coefficient (Wildman–Crippen LogP) is 3.05. The van der Waals surface area contributed by atoms with E-state index in [-0.39, 0.29) is 0 Å². The van der Waals surface area contributed by atoms with Gasteiger partial charge in [-0.3, -0.25) is 0 Å². The van der Waals surface area contributed by atoms with Crippen LogP contribution in [0.2, 0.25) is 0 Å². The first-order chi connectivity index (χ1) is 7.54. The molecule has 16 heavy (non-hydrogen) atoms. The fourth-order valence-electron chi connectivity index (χ4n) is 1.40. The first-order valence-corrected chi connectivity index (χ1v) is 5.54. The summed E-state index contributed by atoms with van der Waals surface area (Å²) in [6.07, 6.45) is -0.300. The molecule has 1 atom stereocenters. The number of carboxylic acid groups (broad SMARTS) is 1. The minimum absolute atomic E-state index is 0.460. The van der Waals surface area contributed by atoms with E-state index in [1.54, 1.807) is 6.92 Å². The third-order valence-electron chi connectivity index (χ3n) is 2.47. The fourth-order valence-corrected chi connectivity index (χ4v) is 1.40. The van der Waals surface area contributed by atoms with Crippen molar-refractivity contribution >= 4 is 5.97 Å². The van der Waals surface area contributed by atoms with Crippen LogP contribution < -0.4 is 4.74 Å². The van der Waals surface area contributed by atoms with Crippen molar-refractivity contribution < 1.29 is 14.6 Å². The Balaban J connectivity index is 2.71. The molecule has 0 saturated heterocycles. The molecule has 0 saturated carbocycles. The second-order valence-electron chi connectivity index (χ2n) is 4.08. The monoisotopic (exact) mass is 222 g/mol. The van der Waals surface area contributed by atoms with Crippen LogP contribution in [0.25, 0.3) is 0 Å². The van der Waals surface area contributed by atoms with Gasteiger partial charge in [-0.15, -0.1) is 0 Å². The SMILES string of the molecule is CC[C@@H](Oc1ccc(C(C)C)cc1)C(=O)O. The van der Waals surface area contributed by atoms with E-state index >= 15 is 0 Å². The molecule has 3 heteroatoms. The van der Waals surface area contributed by atoms with Crippen LogP contribution in [0, 0.1) is 0 Å². The molecule has 88 valence electrons. The Morgan fingerprint density at radius 3 is 2.25 bits per heavy atom. The molecule has 0 fully saturated rings. The Kier molecular flexibility index (Phi) is 4.35. The van der Waals surface area contributed by atoms with Crippen molar-refractivity contribution in [2.45, 2.75) is 39.2 Å². The molecule has 0 bridgehead atoms. The van der Waals surface area contributed by atoms with Crippen LogP contribution in [-0.4, -0.2) is 17.2 Å². The van der Waals surface area contributed by atoms with Crippen LogP contribution in [0.3, 0.4) is 0 Å². The average molecular weight is 222 g/mol. The molecule has 0 aliphatic rings. The van der Waals surface area contributed by atoms with E-state index in [9.17, 15) is 4.79 Å². The fraction of sp³-hybridized carbons (Fsp3) is 0.462. The molecular formula is C13H18O3. The van der Waals surface area contributed by atoms with Crippen molar-refractivity contribution in [3.8, 4) is 5.75 Å². The Bertz CT molecular complexity index is 341. The maximum Gasteiger partial charge on any atom is 0.344 e. The summed E-state index contributed by atoms with van der Waals surface area (Å²) in [6, 6.07) is 7.57. The predicted molar refractivity (Wildman–Crippen MR) is 62.9 cm³/mol. The van der Waals surface area contributed by atoms with Crippen molar-refractivity contribution in [1.29, 1.82) is 0 Å². The third-order valence-corrected chi connectivity index (χ3v) is 2.47. The standard InChI is InChI=1S/C13H18O3/c1-4-12(13(14)15)16-11-7-5-10(6-8-11)9(2)3/h5-9,12H,4H2,1-3H3,(H,14,15)/t12-/m1/s1. The molecule has 1 aromatic carbocycles. The molecule has 0 unspecified atom stereocenters. The van der Waals surface area contributed by atoms with E-state index in [2.05, 4.69) is 13.8 Å². The minimum atomic E-state index is -0.921. The Morgan fingerprint density at radius 1 is 1.31 bits per heavy atom. The maximum atomic E-state index is 10.8. The van der Waals surface area contributed by atoms with Gasteiger partial charge in [0.25, 0.3) is 0 Å². The van der Waals surface area contributed by atoms with Gasteiger partial charge in [-0.2, -0.15) is 0 Å². The zero-order valence-corrected chi connectivity index (χ0v) is 9.93. The topological polar surface area (TPSA) is 46.5 Å². The molecule has 1 N–H and O–H groups in total. The molecule has 0 aliphatic carbocycles. The Morgan fingerprint density at radius 2 is 1.88 bits per heavy atom. The molecular weight excluding hydrogens is 204 g/mol. The molecule has 0 radical (unpaired) electrons. The molecule has 0 spiro atoms. The lowest BCUT2D eigenvalue weighted by molar-refractivity contribution is -0.145. The molecule has 1 aromatic rings. The summed E-state index contributed by atoms with van der Waals surface area (Å²) in [6.45, 7) is 6.02. The van der Waals surface area contributed by atoms with Gasteiger partial charge in [0.05, 0.1) is 0 Å². The van der Waals surface area contributed by atoms with E-state index < -0.39 is 12.1 Å². The van der Waals surface area contributed by atoms with Crippen molar-refractivity contribution in [1.82, 2.24) is 0 Å². The van der Waals surface area contributed by atoms with Crippen LogP contribution in [0.4, 0.5) is 0 Å². The second-order valence-corrected chi connectivity index (χ2v) is 4.08. The van der Waals surface area contributed by atoms with Gasteiger partial charge >= 0.3 is 5.97 Å². The largest absolute Gasteiger partial charge is 0.479 e. The number of carboxylic acids is 1. The van der Waals surface area contributed by atoms with E-state index in [1.807, 2.05) is 24.3 Å². The molecule has 0 amide bonds. The van der Waals surface area contributed by atoms with Crippen LogP contribution in [-0.2, 0) is 4.79 Å². The van der Waals surface area contributed by atoms with E-state index in [4.69, 9.17) is 9.84 Å². The van der Waals surface area contributed by atoms with Gasteiger partial charge in [0.15, 0.2) is 6.10 Å². The normalized spacial score (nSPS) is 12.5. The van der Waals surface area contributed by atoms with Crippen LogP contribution in [0.1, 0.15) is 38.7 Å². The summed E-state index contributed by atoms with van der Waals surface area (Å²) < 4.78 is 5.36. The highest BCUT2D eigenvalue weighted by molar-refractivity contribution is 5.72. The summed E-state index contributed by atoms with van der Waals surface area (Å²) >= 11 is 0. The number of carbonyl (C=O) groups is 1. The van der Waals surface area contributed by atoms with Gasteiger partial charge in [-0.1, -0.05) is 32.9 Å². The number of hydrogen-bond acceptors (Lipinski definition) is 2. The first kappa shape index (κ1) is 12.6. The summed E-state index contributed by atoms with van der Waals surface area (Å²) in [5, 5.41) is 8.85. The second kappa shape index (κ2) is 5.54. The zero-order valence-electron chi connectivity index (χ0n) is 9.93. The summed E-state index contributed by atoms with van der Waals surface area (Å²) in [5.41, 5.74) is 1.22. The number of aliphatic carboxylic acids is 1. The third kappa shape index (κ3) is 3.26. The lowest BCUT2D eigenvalue weighted by Gasteiger charge is -2.13. The highest BCUT2D eigenvalue weighted by Crippen LogP contribution is 2.19.